The monoisotopic (exact) mass is 367 g/mol. The lowest BCUT2D eigenvalue weighted by atomic mass is 9.96. The first kappa shape index (κ1) is 18.1. The van der Waals surface area contributed by atoms with Gasteiger partial charge in [-0.2, -0.15) is 0 Å². The number of anilines is 2. The normalized spacial score (nSPS) is 25.8. The standard InChI is InChI=1S/C22H29N3O2/c1-16-8-9-25(20(16)12-18-6-4-3-5-7-18)21-13-19(14-22(26)23-21)24-10-11-27-17(2)15-24/h3-7,13-14,16-17,20H,8-12,15H2,1-2H3,(H,23,26)/t16-,17+,20+/m0/s1. The molecule has 1 aromatic heterocycles. The molecule has 0 radical (unpaired) electrons. The van der Waals surface area contributed by atoms with Crippen LogP contribution in [0.5, 0.6) is 0 Å². The van der Waals surface area contributed by atoms with Crippen LogP contribution in [0.15, 0.2) is 47.3 Å². The van der Waals surface area contributed by atoms with Crippen molar-refractivity contribution in [2.24, 2.45) is 5.92 Å². The number of morpholine rings is 1. The van der Waals surface area contributed by atoms with Gasteiger partial charge in [-0.05, 0) is 31.2 Å². The Hall–Kier alpha value is -2.27. The van der Waals surface area contributed by atoms with Crippen molar-refractivity contribution in [2.45, 2.75) is 38.8 Å². The Morgan fingerprint density at radius 3 is 2.74 bits per heavy atom. The minimum atomic E-state index is -0.0281. The number of hydrogen-bond acceptors (Lipinski definition) is 4. The fourth-order valence-corrected chi connectivity index (χ4v) is 4.38. The first-order chi connectivity index (χ1) is 13.1. The van der Waals surface area contributed by atoms with Gasteiger partial charge in [0.15, 0.2) is 0 Å². The summed E-state index contributed by atoms with van der Waals surface area (Å²) in [5, 5.41) is 0. The first-order valence-corrected chi connectivity index (χ1v) is 10.0. The van der Waals surface area contributed by atoms with Crippen molar-refractivity contribution in [1.29, 1.82) is 0 Å². The van der Waals surface area contributed by atoms with E-state index in [0.717, 1.165) is 44.0 Å². The van der Waals surface area contributed by atoms with Gasteiger partial charge in [-0.15, -0.1) is 0 Å². The lowest BCUT2D eigenvalue weighted by Crippen LogP contribution is -2.42. The summed E-state index contributed by atoms with van der Waals surface area (Å²) in [7, 11) is 0. The summed E-state index contributed by atoms with van der Waals surface area (Å²) in [6.07, 6.45) is 2.35. The number of pyridine rings is 1. The van der Waals surface area contributed by atoms with Crippen LogP contribution in [-0.2, 0) is 11.2 Å². The predicted octanol–water partition coefficient (Wildman–Crippen LogP) is 3.06. The van der Waals surface area contributed by atoms with Crippen LogP contribution >= 0.6 is 0 Å². The average Bonchev–Trinajstić information content (AvgIpc) is 3.03. The van der Waals surface area contributed by atoms with Crippen molar-refractivity contribution < 1.29 is 4.74 Å². The largest absolute Gasteiger partial charge is 0.375 e. The van der Waals surface area contributed by atoms with Gasteiger partial charge in [-0.25, -0.2) is 0 Å². The third kappa shape index (κ3) is 4.03. The van der Waals surface area contributed by atoms with Crippen LogP contribution in [0, 0.1) is 5.92 Å². The van der Waals surface area contributed by atoms with Crippen LogP contribution in [0.3, 0.4) is 0 Å². The zero-order valence-electron chi connectivity index (χ0n) is 16.2. The smallest absolute Gasteiger partial charge is 0.251 e. The van der Waals surface area contributed by atoms with E-state index in [-0.39, 0.29) is 11.7 Å². The molecule has 3 heterocycles. The maximum Gasteiger partial charge on any atom is 0.251 e. The molecule has 0 unspecified atom stereocenters. The Morgan fingerprint density at radius 2 is 1.96 bits per heavy atom. The van der Waals surface area contributed by atoms with Gasteiger partial charge in [-0.3, -0.25) is 4.79 Å². The molecule has 2 aromatic rings. The van der Waals surface area contributed by atoms with Crippen molar-refractivity contribution in [3.8, 4) is 0 Å². The molecular formula is C22H29N3O2. The highest BCUT2D eigenvalue weighted by atomic mass is 16.5. The number of hydrogen-bond donors (Lipinski definition) is 1. The number of aromatic nitrogens is 1. The molecule has 144 valence electrons. The third-order valence-corrected chi connectivity index (χ3v) is 5.90. The summed E-state index contributed by atoms with van der Waals surface area (Å²) >= 11 is 0. The molecule has 2 fully saturated rings. The van der Waals surface area contributed by atoms with Gasteiger partial charge in [0.2, 0.25) is 0 Å². The second kappa shape index (κ2) is 7.77. The summed E-state index contributed by atoms with van der Waals surface area (Å²) in [6, 6.07) is 14.9. The van der Waals surface area contributed by atoms with Crippen LogP contribution in [0.25, 0.3) is 0 Å². The summed E-state index contributed by atoms with van der Waals surface area (Å²) in [5.74, 6) is 1.54. The molecule has 27 heavy (non-hydrogen) atoms. The number of H-pyrrole nitrogens is 1. The van der Waals surface area contributed by atoms with Crippen molar-refractivity contribution >= 4 is 11.5 Å². The Bertz CT molecular complexity index is 820. The lowest BCUT2D eigenvalue weighted by Gasteiger charge is -2.34. The van der Waals surface area contributed by atoms with Crippen LogP contribution in [0.1, 0.15) is 25.8 Å². The molecule has 1 aromatic carbocycles. The topological polar surface area (TPSA) is 48.6 Å². The summed E-state index contributed by atoms with van der Waals surface area (Å²) < 4.78 is 5.65. The Labute approximate surface area is 161 Å². The van der Waals surface area contributed by atoms with Gasteiger partial charge in [0.1, 0.15) is 5.82 Å². The Balaban J connectivity index is 1.60. The van der Waals surface area contributed by atoms with E-state index in [2.05, 4.69) is 65.0 Å². The quantitative estimate of drug-likeness (QED) is 0.902. The molecule has 5 heteroatoms. The van der Waals surface area contributed by atoms with Gasteiger partial charge in [0, 0.05) is 43.5 Å². The predicted molar refractivity (Wildman–Crippen MR) is 110 cm³/mol. The van der Waals surface area contributed by atoms with Crippen LogP contribution in [0.4, 0.5) is 11.5 Å². The van der Waals surface area contributed by atoms with E-state index in [1.165, 1.54) is 5.56 Å². The molecule has 0 amide bonds. The van der Waals surface area contributed by atoms with Crippen molar-refractivity contribution in [2.75, 3.05) is 36.0 Å². The maximum atomic E-state index is 12.4. The molecule has 2 aliphatic rings. The number of aromatic amines is 1. The molecule has 5 nitrogen and oxygen atoms in total. The highest BCUT2D eigenvalue weighted by molar-refractivity contribution is 5.56. The van der Waals surface area contributed by atoms with Crippen molar-refractivity contribution in [3.63, 3.8) is 0 Å². The van der Waals surface area contributed by atoms with Crippen molar-refractivity contribution in [3.05, 3.63) is 58.4 Å². The number of rotatable bonds is 4. The molecule has 3 atom stereocenters. The van der Waals surface area contributed by atoms with Crippen molar-refractivity contribution in [1.82, 2.24) is 4.98 Å². The van der Waals surface area contributed by atoms with E-state index in [1.54, 1.807) is 6.07 Å². The van der Waals surface area contributed by atoms with Crippen LogP contribution in [0.2, 0.25) is 0 Å². The van der Waals surface area contributed by atoms with Crippen LogP contribution in [-0.4, -0.2) is 43.4 Å². The number of nitrogens with zero attached hydrogens (tertiary/aromatic N) is 2. The summed E-state index contributed by atoms with van der Waals surface area (Å²) in [6.45, 7) is 7.75. The Kier molecular flexibility index (Phi) is 5.21. The fourth-order valence-electron chi connectivity index (χ4n) is 4.38. The molecule has 2 aliphatic heterocycles. The number of nitrogens with one attached hydrogen (secondary N) is 1. The zero-order chi connectivity index (χ0) is 18.8. The number of benzene rings is 1. The van der Waals surface area contributed by atoms with E-state index >= 15 is 0 Å². The number of ether oxygens (including phenoxy) is 1. The molecular weight excluding hydrogens is 338 g/mol. The second-order valence-electron chi connectivity index (χ2n) is 7.93. The van der Waals surface area contributed by atoms with E-state index < -0.39 is 0 Å². The van der Waals surface area contributed by atoms with Crippen LogP contribution < -0.4 is 15.4 Å². The van der Waals surface area contributed by atoms with E-state index in [0.29, 0.717) is 18.6 Å². The molecule has 0 bridgehead atoms. The highest BCUT2D eigenvalue weighted by Crippen LogP contribution is 2.32. The SMILES string of the molecule is C[C@@H]1CN(c2cc(N3CC[C@H](C)[C@H]3Cc3ccccc3)[nH]c(=O)c2)CCO1. The molecule has 1 N–H and O–H groups in total. The molecule has 0 saturated carbocycles. The van der Waals surface area contributed by atoms with E-state index in [4.69, 9.17) is 4.74 Å². The first-order valence-electron chi connectivity index (χ1n) is 10.0. The maximum absolute atomic E-state index is 12.4. The second-order valence-corrected chi connectivity index (χ2v) is 7.93. The van der Waals surface area contributed by atoms with Gasteiger partial charge in [-0.1, -0.05) is 37.3 Å². The summed E-state index contributed by atoms with van der Waals surface area (Å²) in [4.78, 5) is 20.1. The van der Waals surface area contributed by atoms with E-state index in [9.17, 15) is 4.79 Å². The third-order valence-electron chi connectivity index (χ3n) is 5.90. The van der Waals surface area contributed by atoms with E-state index in [1.807, 2.05) is 0 Å². The lowest BCUT2D eigenvalue weighted by molar-refractivity contribution is 0.0532. The minimum absolute atomic E-state index is 0.0281. The zero-order valence-corrected chi connectivity index (χ0v) is 16.2. The van der Waals surface area contributed by atoms with Gasteiger partial charge >= 0.3 is 0 Å². The van der Waals surface area contributed by atoms with Gasteiger partial charge in [0.25, 0.3) is 5.56 Å². The average molecular weight is 367 g/mol. The fraction of sp³-hybridized carbons (Fsp3) is 0.500. The molecule has 0 spiro atoms. The molecule has 4 rings (SSSR count). The molecule has 2 saturated heterocycles. The highest BCUT2D eigenvalue weighted by Gasteiger charge is 2.32. The minimum Gasteiger partial charge on any atom is -0.375 e. The van der Waals surface area contributed by atoms with Gasteiger partial charge < -0.3 is 19.5 Å². The Morgan fingerprint density at radius 1 is 1.15 bits per heavy atom. The van der Waals surface area contributed by atoms with Gasteiger partial charge in [0.05, 0.1) is 12.7 Å². The summed E-state index contributed by atoms with van der Waals surface area (Å²) in [5.41, 5.74) is 2.32. The molecule has 0 aliphatic carbocycles.